The SMILES string of the molecule is CC(C)=CCC/C(C)=C/CC/C(C)=C/CC/C=C(\C)CC/C=C(\C)CCC=C(C)CNC(=O)[C@@H](N)CS(=O)(=O)O. The van der Waals surface area contributed by atoms with Gasteiger partial charge in [0.2, 0.25) is 5.91 Å². The smallest absolute Gasteiger partial charge is 0.266 e. The summed E-state index contributed by atoms with van der Waals surface area (Å²) in [5.74, 6) is -1.38. The van der Waals surface area contributed by atoms with E-state index in [-0.39, 0.29) is 0 Å². The standard InChI is InChI=1S/C33H56N2O4S/c1-26(2)14-10-17-29(5)20-11-18-27(3)15-8-9-16-28(4)19-12-21-30(6)22-13-23-31(7)24-35-33(36)32(34)25-40(37,38)39/h14-16,20-21,23,32H,8-13,17-19,22,24-25,34H2,1-7H3,(H,35,36)(H,37,38,39)/b27-15+,28-16+,29-20+,30-21+,31-23?/t32-/m0/s1. The van der Waals surface area contributed by atoms with Gasteiger partial charge < -0.3 is 11.1 Å². The van der Waals surface area contributed by atoms with Gasteiger partial charge in [-0.3, -0.25) is 9.35 Å². The summed E-state index contributed by atoms with van der Waals surface area (Å²) in [6, 6.07) is -1.28. The van der Waals surface area contributed by atoms with Gasteiger partial charge in [0.1, 0.15) is 6.04 Å². The first-order valence-corrected chi connectivity index (χ1v) is 16.2. The summed E-state index contributed by atoms with van der Waals surface area (Å²) in [4.78, 5) is 11.8. The van der Waals surface area contributed by atoms with E-state index in [1.54, 1.807) is 0 Å². The van der Waals surface area contributed by atoms with E-state index in [9.17, 15) is 13.2 Å². The number of carbonyl (C=O) groups is 1. The third-order valence-electron chi connectivity index (χ3n) is 6.61. The fourth-order valence-electron chi connectivity index (χ4n) is 4.03. The summed E-state index contributed by atoms with van der Waals surface area (Å²) in [5.41, 5.74) is 13.6. The highest BCUT2D eigenvalue weighted by atomic mass is 32.2. The number of nitrogens with two attached hydrogens (primary N) is 1. The highest BCUT2D eigenvalue weighted by molar-refractivity contribution is 7.85. The van der Waals surface area contributed by atoms with E-state index < -0.39 is 27.8 Å². The van der Waals surface area contributed by atoms with Gasteiger partial charge in [0.05, 0.1) is 5.75 Å². The van der Waals surface area contributed by atoms with E-state index in [1.165, 1.54) is 27.9 Å². The number of nitrogens with one attached hydrogen (secondary N) is 1. The maximum atomic E-state index is 11.8. The van der Waals surface area contributed by atoms with Crippen LogP contribution in [0.1, 0.15) is 113 Å². The topological polar surface area (TPSA) is 109 Å². The molecule has 0 aromatic carbocycles. The van der Waals surface area contributed by atoms with Crippen molar-refractivity contribution in [1.29, 1.82) is 0 Å². The Bertz CT molecular complexity index is 1060. The Kier molecular flexibility index (Phi) is 20.3. The molecule has 0 saturated heterocycles. The first kappa shape index (κ1) is 37.8. The van der Waals surface area contributed by atoms with E-state index in [0.717, 1.165) is 69.8 Å². The monoisotopic (exact) mass is 576 g/mol. The van der Waals surface area contributed by atoms with Crippen LogP contribution in [0, 0.1) is 0 Å². The lowest BCUT2D eigenvalue weighted by Crippen LogP contribution is -2.45. The van der Waals surface area contributed by atoms with Gasteiger partial charge in [-0.05, 0) is 113 Å². The molecule has 0 fully saturated rings. The molecule has 228 valence electrons. The predicted molar refractivity (Wildman–Crippen MR) is 172 cm³/mol. The van der Waals surface area contributed by atoms with E-state index in [0.29, 0.717) is 6.54 Å². The van der Waals surface area contributed by atoms with Crippen LogP contribution < -0.4 is 11.1 Å². The maximum Gasteiger partial charge on any atom is 0.266 e. The molecule has 4 N–H and O–H groups in total. The van der Waals surface area contributed by atoms with Gasteiger partial charge in [-0.1, -0.05) is 69.9 Å². The number of allylic oxidation sites excluding steroid dienone is 11. The molecular weight excluding hydrogens is 520 g/mol. The number of hydrogen-bond donors (Lipinski definition) is 3. The summed E-state index contributed by atoms with van der Waals surface area (Å²) in [6.07, 6.45) is 24.5. The number of carbonyl (C=O) groups excluding carboxylic acids is 1. The van der Waals surface area contributed by atoms with E-state index in [1.807, 2.05) is 6.92 Å². The van der Waals surface area contributed by atoms with E-state index >= 15 is 0 Å². The molecule has 0 radical (unpaired) electrons. The first-order valence-electron chi connectivity index (χ1n) is 14.6. The Morgan fingerprint density at radius 3 is 1.38 bits per heavy atom. The van der Waals surface area contributed by atoms with Crippen LogP contribution in [0.5, 0.6) is 0 Å². The molecule has 1 atom stereocenters. The van der Waals surface area contributed by atoms with Crippen LogP contribution >= 0.6 is 0 Å². The van der Waals surface area contributed by atoms with Crippen molar-refractivity contribution in [3.05, 3.63) is 69.9 Å². The molecule has 0 aromatic rings. The van der Waals surface area contributed by atoms with E-state index in [2.05, 4.69) is 83.3 Å². The summed E-state index contributed by atoms with van der Waals surface area (Å²) in [5, 5.41) is 2.60. The lowest BCUT2D eigenvalue weighted by atomic mass is 10.0. The maximum absolute atomic E-state index is 11.8. The average molecular weight is 577 g/mol. The zero-order valence-corrected chi connectivity index (χ0v) is 27.0. The normalized spacial score (nSPS) is 14.8. The lowest BCUT2D eigenvalue weighted by Gasteiger charge is -2.11. The third kappa shape index (κ3) is 23.6. The summed E-state index contributed by atoms with van der Waals surface area (Å²) >= 11 is 0. The second kappa shape index (κ2) is 21.5. The van der Waals surface area contributed by atoms with Crippen molar-refractivity contribution in [2.75, 3.05) is 12.3 Å². The number of amides is 1. The fourth-order valence-corrected chi connectivity index (χ4v) is 4.63. The van der Waals surface area contributed by atoms with Crippen molar-refractivity contribution in [3.8, 4) is 0 Å². The molecule has 0 bridgehead atoms. The van der Waals surface area contributed by atoms with Gasteiger partial charge in [0, 0.05) is 6.54 Å². The van der Waals surface area contributed by atoms with Crippen LogP contribution in [-0.2, 0) is 14.9 Å². The Balaban J connectivity index is 4.22. The Labute approximate surface area is 245 Å². The molecule has 0 aromatic heterocycles. The summed E-state index contributed by atoms with van der Waals surface area (Å²) in [7, 11) is -4.28. The molecule has 0 aliphatic carbocycles. The van der Waals surface area contributed by atoms with Crippen molar-refractivity contribution in [2.45, 2.75) is 119 Å². The quantitative estimate of drug-likeness (QED) is 0.0775. The van der Waals surface area contributed by atoms with Crippen LogP contribution in [0.2, 0.25) is 0 Å². The summed E-state index contributed by atoms with van der Waals surface area (Å²) in [6.45, 7) is 15.4. The van der Waals surface area contributed by atoms with Gasteiger partial charge in [-0.2, -0.15) is 8.42 Å². The zero-order valence-electron chi connectivity index (χ0n) is 26.2. The number of hydrogen-bond acceptors (Lipinski definition) is 4. The second-order valence-electron chi connectivity index (χ2n) is 11.3. The first-order chi connectivity index (χ1) is 18.7. The highest BCUT2D eigenvalue weighted by Crippen LogP contribution is 2.14. The summed E-state index contributed by atoms with van der Waals surface area (Å²) < 4.78 is 30.5. The minimum atomic E-state index is -4.28. The second-order valence-corrected chi connectivity index (χ2v) is 12.8. The Morgan fingerprint density at radius 1 is 0.650 bits per heavy atom. The molecule has 0 heterocycles. The average Bonchev–Trinajstić information content (AvgIpc) is 2.83. The van der Waals surface area contributed by atoms with Gasteiger partial charge in [0.15, 0.2) is 0 Å². The van der Waals surface area contributed by atoms with Crippen molar-refractivity contribution < 1.29 is 17.8 Å². The Morgan fingerprint density at radius 2 is 1.00 bits per heavy atom. The van der Waals surface area contributed by atoms with Crippen LogP contribution in [0.3, 0.4) is 0 Å². The molecule has 0 unspecified atom stereocenters. The van der Waals surface area contributed by atoms with Gasteiger partial charge in [-0.15, -0.1) is 0 Å². The van der Waals surface area contributed by atoms with Crippen LogP contribution in [0.4, 0.5) is 0 Å². The molecular formula is C33H56N2O4S. The van der Waals surface area contributed by atoms with Crippen molar-refractivity contribution in [1.82, 2.24) is 5.32 Å². The lowest BCUT2D eigenvalue weighted by molar-refractivity contribution is -0.121. The third-order valence-corrected chi connectivity index (χ3v) is 7.39. The molecule has 7 heteroatoms. The molecule has 0 saturated carbocycles. The fraction of sp³-hybridized carbons (Fsp3) is 0.606. The minimum Gasteiger partial charge on any atom is -0.351 e. The van der Waals surface area contributed by atoms with Gasteiger partial charge >= 0.3 is 0 Å². The van der Waals surface area contributed by atoms with Crippen molar-refractivity contribution in [2.24, 2.45) is 5.73 Å². The molecule has 1 amide bonds. The molecule has 6 nitrogen and oxygen atoms in total. The van der Waals surface area contributed by atoms with Crippen LogP contribution in [0.15, 0.2) is 69.9 Å². The van der Waals surface area contributed by atoms with E-state index in [4.69, 9.17) is 10.3 Å². The van der Waals surface area contributed by atoms with Crippen LogP contribution in [0.25, 0.3) is 0 Å². The molecule has 0 rings (SSSR count). The van der Waals surface area contributed by atoms with Crippen molar-refractivity contribution in [3.63, 3.8) is 0 Å². The largest absolute Gasteiger partial charge is 0.351 e. The predicted octanol–water partition coefficient (Wildman–Crippen LogP) is 7.92. The van der Waals surface area contributed by atoms with Crippen molar-refractivity contribution >= 4 is 16.0 Å². The number of rotatable bonds is 20. The Hall–Kier alpha value is -2.22. The molecule has 0 spiro atoms. The van der Waals surface area contributed by atoms with Gasteiger partial charge in [0.25, 0.3) is 10.1 Å². The zero-order chi connectivity index (χ0) is 30.6. The molecule has 40 heavy (non-hydrogen) atoms. The number of unbranched alkanes of at least 4 members (excludes halogenated alkanes) is 1. The van der Waals surface area contributed by atoms with Gasteiger partial charge in [-0.25, -0.2) is 0 Å². The highest BCUT2D eigenvalue weighted by Gasteiger charge is 2.19. The molecule has 0 aliphatic heterocycles. The minimum absolute atomic E-state index is 0.299. The van der Waals surface area contributed by atoms with Crippen LogP contribution in [-0.4, -0.2) is 37.2 Å². The molecule has 0 aliphatic rings.